The van der Waals surface area contributed by atoms with Crippen molar-refractivity contribution < 1.29 is 9.47 Å². The summed E-state index contributed by atoms with van der Waals surface area (Å²) in [6, 6.07) is 0. The predicted octanol–water partition coefficient (Wildman–Crippen LogP) is 1.50. The third-order valence-corrected chi connectivity index (χ3v) is 4.60. The molecule has 19 heavy (non-hydrogen) atoms. The Morgan fingerprint density at radius 2 is 2.16 bits per heavy atom. The van der Waals surface area contributed by atoms with Gasteiger partial charge in [0.2, 0.25) is 0 Å². The fourth-order valence-corrected chi connectivity index (χ4v) is 3.33. The van der Waals surface area contributed by atoms with E-state index in [1.165, 1.54) is 38.8 Å². The molecule has 2 aliphatic rings. The maximum absolute atomic E-state index is 5.57. The van der Waals surface area contributed by atoms with Crippen LogP contribution >= 0.6 is 0 Å². The van der Waals surface area contributed by atoms with Crippen LogP contribution in [0, 0.1) is 5.41 Å². The second-order valence-corrected chi connectivity index (χ2v) is 6.17. The van der Waals surface area contributed by atoms with Crippen LogP contribution in [-0.4, -0.2) is 64.1 Å². The molecule has 2 saturated heterocycles. The van der Waals surface area contributed by atoms with Crippen LogP contribution in [0.25, 0.3) is 0 Å². The molecule has 1 unspecified atom stereocenters. The smallest absolute Gasteiger partial charge is 0.0710 e. The minimum absolute atomic E-state index is 0.413. The zero-order valence-corrected chi connectivity index (χ0v) is 12.6. The molecule has 4 heteroatoms. The van der Waals surface area contributed by atoms with E-state index in [0.717, 1.165) is 32.8 Å². The van der Waals surface area contributed by atoms with E-state index in [0.29, 0.717) is 11.5 Å². The summed E-state index contributed by atoms with van der Waals surface area (Å²) in [7, 11) is 1.83. The van der Waals surface area contributed by atoms with Gasteiger partial charge in [-0.1, -0.05) is 6.92 Å². The van der Waals surface area contributed by atoms with Crippen LogP contribution in [-0.2, 0) is 9.47 Å². The number of likely N-dealkylation sites (tertiary alicyclic amines) is 1. The summed E-state index contributed by atoms with van der Waals surface area (Å²) in [5, 5.41) is 3.63. The minimum Gasteiger partial charge on any atom is -0.381 e. The van der Waals surface area contributed by atoms with Crippen molar-refractivity contribution in [3.8, 4) is 0 Å². The topological polar surface area (TPSA) is 33.7 Å². The summed E-state index contributed by atoms with van der Waals surface area (Å²) >= 11 is 0. The van der Waals surface area contributed by atoms with Gasteiger partial charge >= 0.3 is 0 Å². The monoisotopic (exact) mass is 270 g/mol. The molecule has 0 aromatic heterocycles. The molecule has 112 valence electrons. The first-order chi connectivity index (χ1) is 9.28. The van der Waals surface area contributed by atoms with E-state index in [1.54, 1.807) is 0 Å². The lowest BCUT2D eigenvalue weighted by Gasteiger charge is -2.40. The van der Waals surface area contributed by atoms with Gasteiger partial charge in [-0.15, -0.1) is 0 Å². The maximum atomic E-state index is 5.57. The maximum Gasteiger partial charge on any atom is 0.0710 e. The van der Waals surface area contributed by atoms with E-state index < -0.39 is 0 Å². The Kier molecular flexibility index (Phi) is 6.07. The van der Waals surface area contributed by atoms with Crippen molar-refractivity contribution in [2.45, 2.75) is 38.7 Å². The summed E-state index contributed by atoms with van der Waals surface area (Å²) in [6.07, 6.45) is 5.23. The summed E-state index contributed by atoms with van der Waals surface area (Å²) in [4.78, 5) is 2.59. The molecule has 0 amide bonds. The zero-order valence-electron chi connectivity index (χ0n) is 12.6. The summed E-state index contributed by atoms with van der Waals surface area (Å²) in [6.45, 7) is 9.84. The second-order valence-electron chi connectivity index (χ2n) is 6.17. The van der Waals surface area contributed by atoms with Gasteiger partial charge in [-0.3, -0.25) is 0 Å². The van der Waals surface area contributed by atoms with Crippen LogP contribution in [0.2, 0.25) is 0 Å². The molecule has 4 nitrogen and oxygen atoms in total. The van der Waals surface area contributed by atoms with Crippen molar-refractivity contribution in [1.29, 1.82) is 0 Å². The molecular weight excluding hydrogens is 240 g/mol. The number of nitrogens with one attached hydrogen (secondary N) is 1. The van der Waals surface area contributed by atoms with Crippen LogP contribution < -0.4 is 5.32 Å². The minimum atomic E-state index is 0.413. The molecule has 0 aromatic rings. The number of methoxy groups -OCH3 is 1. The Morgan fingerprint density at radius 1 is 1.37 bits per heavy atom. The normalized spacial score (nSPS) is 27.8. The highest BCUT2D eigenvalue weighted by Crippen LogP contribution is 2.32. The highest BCUT2D eigenvalue weighted by Gasteiger charge is 2.36. The molecule has 0 saturated carbocycles. The van der Waals surface area contributed by atoms with Crippen molar-refractivity contribution in [2.24, 2.45) is 5.41 Å². The first-order valence-corrected chi connectivity index (χ1v) is 7.81. The van der Waals surface area contributed by atoms with Gasteiger partial charge < -0.3 is 19.7 Å². The Morgan fingerprint density at radius 3 is 2.79 bits per heavy atom. The van der Waals surface area contributed by atoms with Crippen molar-refractivity contribution in [3.63, 3.8) is 0 Å². The molecule has 2 heterocycles. The van der Waals surface area contributed by atoms with Crippen molar-refractivity contribution in [2.75, 3.05) is 53.0 Å². The zero-order chi connectivity index (χ0) is 13.6. The number of rotatable bonds is 7. The third-order valence-electron chi connectivity index (χ3n) is 4.60. The average Bonchev–Trinajstić information content (AvgIpc) is 2.87. The van der Waals surface area contributed by atoms with Gasteiger partial charge in [0.25, 0.3) is 0 Å². The van der Waals surface area contributed by atoms with Gasteiger partial charge in [-0.25, -0.2) is 0 Å². The molecule has 0 bridgehead atoms. The van der Waals surface area contributed by atoms with Gasteiger partial charge in [-0.05, 0) is 37.6 Å². The number of nitrogens with zero attached hydrogens (tertiary/aromatic N) is 1. The largest absolute Gasteiger partial charge is 0.381 e. The van der Waals surface area contributed by atoms with Crippen LogP contribution in [0.1, 0.15) is 32.6 Å². The lowest BCUT2D eigenvalue weighted by Crippen LogP contribution is -2.47. The molecule has 0 radical (unpaired) electrons. The highest BCUT2D eigenvalue weighted by atomic mass is 16.5. The van der Waals surface area contributed by atoms with E-state index >= 15 is 0 Å². The van der Waals surface area contributed by atoms with E-state index in [2.05, 4.69) is 17.1 Å². The Bertz CT molecular complexity index is 255. The summed E-state index contributed by atoms with van der Waals surface area (Å²) in [5.74, 6) is 0. The SMILES string of the molecule is CCCNCC1(CN2CCC(OC)C2)CCOCC1. The second kappa shape index (κ2) is 7.58. The molecule has 1 N–H and O–H groups in total. The van der Waals surface area contributed by atoms with Gasteiger partial charge in [0.05, 0.1) is 6.10 Å². The fraction of sp³-hybridized carbons (Fsp3) is 1.00. The predicted molar refractivity (Wildman–Crippen MR) is 77.5 cm³/mol. The van der Waals surface area contributed by atoms with Crippen molar-refractivity contribution >= 4 is 0 Å². The van der Waals surface area contributed by atoms with Gasteiger partial charge in [0.15, 0.2) is 0 Å². The molecule has 2 aliphatic heterocycles. The first kappa shape index (κ1) is 15.2. The number of hydrogen-bond acceptors (Lipinski definition) is 4. The molecule has 2 fully saturated rings. The van der Waals surface area contributed by atoms with Crippen LogP contribution in [0.3, 0.4) is 0 Å². The molecule has 2 rings (SSSR count). The van der Waals surface area contributed by atoms with Crippen molar-refractivity contribution in [1.82, 2.24) is 10.2 Å². The van der Waals surface area contributed by atoms with Crippen LogP contribution in [0.4, 0.5) is 0 Å². The Balaban J connectivity index is 1.86. The van der Waals surface area contributed by atoms with Crippen LogP contribution in [0.5, 0.6) is 0 Å². The molecule has 0 spiro atoms. The average molecular weight is 270 g/mol. The number of ether oxygens (including phenoxy) is 2. The molecular formula is C15H30N2O2. The summed E-state index contributed by atoms with van der Waals surface area (Å²) < 4.78 is 11.0. The highest BCUT2D eigenvalue weighted by molar-refractivity contribution is 4.89. The fourth-order valence-electron chi connectivity index (χ4n) is 3.33. The Hall–Kier alpha value is -0.160. The van der Waals surface area contributed by atoms with E-state index in [-0.39, 0.29) is 0 Å². The van der Waals surface area contributed by atoms with Gasteiger partial charge in [-0.2, -0.15) is 0 Å². The van der Waals surface area contributed by atoms with Gasteiger partial charge in [0, 0.05) is 46.5 Å². The molecule has 0 aliphatic carbocycles. The standard InChI is InChI=1S/C15H30N2O2/c1-3-7-16-12-15(5-9-19-10-6-15)13-17-8-4-14(11-17)18-2/h14,16H,3-13H2,1-2H3. The molecule has 0 aromatic carbocycles. The van der Waals surface area contributed by atoms with E-state index in [4.69, 9.17) is 9.47 Å². The van der Waals surface area contributed by atoms with Gasteiger partial charge in [0.1, 0.15) is 0 Å². The first-order valence-electron chi connectivity index (χ1n) is 7.81. The molecule has 1 atom stereocenters. The van der Waals surface area contributed by atoms with Crippen molar-refractivity contribution in [3.05, 3.63) is 0 Å². The quantitative estimate of drug-likeness (QED) is 0.711. The van der Waals surface area contributed by atoms with E-state index in [1.807, 2.05) is 7.11 Å². The number of hydrogen-bond donors (Lipinski definition) is 1. The van der Waals surface area contributed by atoms with E-state index in [9.17, 15) is 0 Å². The lowest BCUT2D eigenvalue weighted by atomic mass is 9.79. The third kappa shape index (κ3) is 4.42. The van der Waals surface area contributed by atoms with Crippen LogP contribution in [0.15, 0.2) is 0 Å². The summed E-state index contributed by atoms with van der Waals surface area (Å²) in [5.41, 5.74) is 0.413. The lowest BCUT2D eigenvalue weighted by molar-refractivity contribution is -0.00326. The Labute approximate surface area is 117 Å².